The summed E-state index contributed by atoms with van der Waals surface area (Å²) in [5, 5.41) is 14.6. The molecule has 2 atom stereocenters. The van der Waals surface area contributed by atoms with Crippen molar-refractivity contribution in [2.24, 2.45) is 5.92 Å². The van der Waals surface area contributed by atoms with Gasteiger partial charge in [-0.1, -0.05) is 24.3 Å². The molecule has 0 spiro atoms. The van der Waals surface area contributed by atoms with Crippen LogP contribution in [-0.4, -0.2) is 35.9 Å². The average Bonchev–Trinajstić information content (AvgIpc) is 2.95. The number of fused-ring (bicyclic) bond motifs is 2. The van der Waals surface area contributed by atoms with Crippen LogP contribution in [0.15, 0.2) is 30.5 Å². The standard InChI is InChI=1S/C15H18N4/c1-2-6-13-11(4-1)9-17-18-15(13)19-7-3-5-12-8-16-10-14(12)19/h1-2,4,6,9,12,14,16H,3,5,7-8,10H2. The van der Waals surface area contributed by atoms with Crippen LogP contribution in [0, 0.1) is 5.92 Å². The molecule has 4 nitrogen and oxygen atoms in total. The predicted octanol–water partition coefficient (Wildman–Crippen LogP) is 1.82. The van der Waals surface area contributed by atoms with E-state index in [-0.39, 0.29) is 0 Å². The highest BCUT2D eigenvalue weighted by atomic mass is 15.3. The Morgan fingerprint density at radius 3 is 3.16 bits per heavy atom. The van der Waals surface area contributed by atoms with Crippen LogP contribution in [0.5, 0.6) is 0 Å². The molecule has 2 aromatic rings. The van der Waals surface area contributed by atoms with E-state index >= 15 is 0 Å². The number of aromatic nitrogens is 2. The molecule has 1 N–H and O–H groups in total. The predicted molar refractivity (Wildman–Crippen MR) is 76.3 cm³/mol. The summed E-state index contributed by atoms with van der Waals surface area (Å²) in [6, 6.07) is 9.01. The van der Waals surface area contributed by atoms with Gasteiger partial charge >= 0.3 is 0 Å². The van der Waals surface area contributed by atoms with Gasteiger partial charge in [0.2, 0.25) is 0 Å². The van der Waals surface area contributed by atoms with E-state index in [9.17, 15) is 0 Å². The van der Waals surface area contributed by atoms with Gasteiger partial charge in [0.15, 0.2) is 5.82 Å². The summed E-state index contributed by atoms with van der Waals surface area (Å²) >= 11 is 0. The normalized spacial score (nSPS) is 26.6. The van der Waals surface area contributed by atoms with E-state index in [2.05, 4.69) is 44.7 Å². The molecule has 0 amide bonds. The molecule has 2 fully saturated rings. The summed E-state index contributed by atoms with van der Waals surface area (Å²) in [7, 11) is 0. The molecule has 1 aromatic heterocycles. The molecule has 2 aliphatic rings. The van der Waals surface area contributed by atoms with E-state index in [0.29, 0.717) is 6.04 Å². The molecule has 0 saturated carbocycles. The Balaban J connectivity index is 1.81. The van der Waals surface area contributed by atoms with Gasteiger partial charge in [-0.05, 0) is 18.8 Å². The lowest BCUT2D eigenvalue weighted by atomic mass is 9.92. The van der Waals surface area contributed by atoms with Gasteiger partial charge in [0, 0.05) is 36.4 Å². The average molecular weight is 254 g/mol. The maximum absolute atomic E-state index is 4.44. The highest BCUT2D eigenvalue weighted by Crippen LogP contribution is 2.32. The lowest BCUT2D eigenvalue weighted by Crippen LogP contribution is -2.45. The van der Waals surface area contributed by atoms with Crippen molar-refractivity contribution in [3.63, 3.8) is 0 Å². The van der Waals surface area contributed by atoms with Crippen molar-refractivity contribution in [3.8, 4) is 0 Å². The molecule has 0 aliphatic carbocycles. The Hall–Kier alpha value is -1.68. The molecular formula is C15H18N4. The van der Waals surface area contributed by atoms with Crippen LogP contribution in [0.3, 0.4) is 0 Å². The molecule has 2 aliphatic heterocycles. The Morgan fingerprint density at radius 2 is 2.16 bits per heavy atom. The van der Waals surface area contributed by atoms with Gasteiger partial charge in [-0.2, -0.15) is 5.10 Å². The zero-order chi connectivity index (χ0) is 12.7. The van der Waals surface area contributed by atoms with E-state index < -0.39 is 0 Å². The molecule has 98 valence electrons. The molecule has 1 aromatic carbocycles. The maximum atomic E-state index is 4.44. The number of anilines is 1. The number of nitrogens with zero attached hydrogens (tertiary/aromatic N) is 3. The van der Waals surface area contributed by atoms with Crippen molar-refractivity contribution in [1.82, 2.24) is 15.5 Å². The van der Waals surface area contributed by atoms with Crippen molar-refractivity contribution in [2.75, 3.05) is 24.5 Å². The largest absolute Gasteiger partial charge is 0.350 e. The summed E-state index contributed by atoms with van der Waals surface area (Å²) < 4.78 is 0. The third-order valence-corrected chi connectivity index (χ3v) is 4.50. The summed E-state index contributed by atoms with van der Waals surface area (Å²) in [5.41, 5.74) is 0. The molecule has 0 bridgehead atoms. The minimum atomic E-state index is 0.592. The van der Waals surface area contributed by atoms with E-state index in [0.717, 1.165) is 31.4 Å². The number of hydrogen-bond donors (Lipinski definition) is 1. The molecule has 2 unspecified atom stereocenters. The molecule has 3 heterocycles. The monoisotopic (exact) mass is 254 g/mol. The van der Waals surface area contributed by atoms with E-state index in [4.69, 9.17) is 0 Å². The quantitative estimate of drug-likeness (QED) is 0.843. The van der Waals surface area contributed by atoms with E-state index in [1.807, 2.05) is 6.20 Å². The van der Waals surface area contributed by atoms with Crippen molar-refractivity contribution >= 4 is 16.6 Å². The molecular weight excluding hydrogens is 236 g/mol. The van der Waals surface area contributed by atoms with Gasteiger partial charge < -0.3 is 10.2 Å². The second kappa shape index (κ2) is 4.46. The summed E-state index contributed by atoms with van der Waals surface area (Å²) in [6.45, 7) is 3.33. The lowest BCUT2D eigenvalue weighted by Gasteiger charge is -2.38. The third-order valence-electron chi connectivity index (χ3n) is 4.50. The second-order valence-electron chi connectivity index (χ2n) is 5.58. The van der Waals surface area contributed by atoms with Crippen LogP contribution in [0.25, 0.3) is 10.8 Å². The number of rotatable bonds is 1. The van der Waals surface area contributed by atoms with Gasteiger partial charge in [0.05, 0.1) is 6.20 Å². The summed E-state index contributed by atoms with van der Waals surface area (Å²) in [4.78, 5) is 2.48. The van der Waals surface area contributed by atoms with Crippen LogP contribution in [0.1, 0.15) is 12.8 Å². The first kappa shape index (κ1) is 11.2. The zero-order valence-electron chi connectivity index (χ0n) is 10.9. The topological polar surface area (TPSA) is 41.0 Å². The fourth-order valence-corrected chi connectivity index (χ4v) is 3.56. The molecule has 4 rings (SSSR count). The van der Waals surface area contributed by atoms with Crippen molar-refractivity contribution in [3.05, 3.63) is 30.5 Å². The fourth-order valence-electron chi connectivity index (χ4n) is 3.56. The minimum Gasteiger partial charge on any atom is -0.350 e. The zero-order valence-corrected chi connectivity index (χ0v) is 10.9. The Morgan fingerprint density at radius 1 is 1.21 bits per heavy atom. The summed E-state index contributed by atoms with van der Waals surface area (Å²) in [6.07, 6.45) is 4.45. The first-order chi connectivity index (χ1) is 9.43. The second-order valence-corrected chi connectivity index (χ2v) is 5.58. The highest BCUT2D eigenvalue weighted by molar-refractivity contribution is 5.91. The van der Waals surface area contributed by atoms with Gasteiger partial charge in [-0.3, -0.25) is 0 Å². The number of piperidine rings is 1. The van der Waals surface area contributed by atoms with E-state index in [1.165, 1.54) is 23.6 Å². The van der Waals surface area contributed by atoms with E-state index in [1.54, 1.807) is 0 Å². The third kappa shape index (κ3) is 1.78. The van der Waals surface area contributed by atoms with Crippen LogP contribution >= 0.6 is 0 Å². The molecule has 2 saturated heterocycles. The van der Waals surface area contributed by atoms with Crippen molar-refractivity contribution in [1.29, 1.82) is 0 Å². The number of benzene rings is 1. The fraction of sp³-hybridized carbons (Fsp3) is 0.467. The van der Waals surface area contributed by atoms with Crippen molar-refractivity contribution in [2.45, 2.75) is 18.9 Å². The molecule has 0 radical (unpaired) electrons. The first-order valence-corrected chi connectivity index (χ1v) is 7.11. The van der Waals surface area contributed by atoms with Gasteiger partial charge in [0.1, 0.15) is 0 Å². The maximum Gasteiger partial charge on any atom is 0.159 e. The molecule has 4 heteroatoms. The van der Waals surface area contributed by atoms with Crippen LogP contribution in [-0.2, 0) is 0 Å². The highest BCUT2D eigenvalue weighted by Gasteiger charge is 2.36. The summed E-state index contributed by atoms with van der Waals surface area (Å²) in [5.74, 6) is 1.84. The Kier molecular flexibility index (Phi) is 2.62. The van der Waals surface area contributed by atoms with Crippen LogP contribution in [0.4, 0.5) is 5.82 Å². The SMILES string of the molecule is c1ccc2c(N3CCCC4CNCC43)nncc2c1. The molecule has 19 heavy (non-hydrogen) atoms. The van der Waals surface area contributed by atoms with Gasteiger partial charge in [0.25, 0.3) is 0 Å². The Bertz CT molecular complexity index is 592. The lowest BCUT2D eigenvalue weighted by molar-refractivity contribution is 0.383. The van der Waals surface area contributed by atoms with Crippen LogP contribution in [0.2, 0.25) is 0 Å². The first-order valence-electron chi connectivity index (χ1n) is 7.11. The minimum absolute atomic E-state index is 0.592. The smallest absolute Gasteiger partial charge is 0.159 e. The van der Waals surface area contributed by atoms with Crippen LogP contribution < -0.4 is 10.2 Å². The number of hydrogen-bond acceptors (Lipinski definition) is 4. The van der Waals surface area contributed by atoms with Gasteiger partial charge in [-0.15, -0.1) is 5.10 Å². The van der Waals surface area contributed by atoms with Gasteiger partial charge in [-0.25, -0.2) is 0 Å². The number of nitrogens with one attached hydrogen (secondary N) is 1. The Labute approximate surface area is 112 Å². The van der Waals surface area contributed by atoms with Crippen molar-refractivity contribution < 1.29 is 0 Å².